The summed E-state index contributed by atoms with van der Waals surface area (Å²) in [4.78, 5) is 10.8. The van der Waals surface area contributed by atoms with Crippen molar-refractivity contribution in [1.82, 2.24) is 10.6 Å². The quantitative estimate of drug-likeness (QED) is 0.478. The van der Waals surface area contributed by atoms with Gasteiger partial charge in [0.1, 0.15) is 0 Å². The van der Waals surface area contributed by atoms with Gasteiger partial charge in [-0.1, -0.05) is 0 Å². The van der Waals surface area contributed by atoms with E-state index in [-0.39, 0.29) is 5.97 Å². The Kier molecular flexibility index (Phi) is 5.56. The molecule has 0 amide bonds. The van der Waals surface area contributed by atoms with E-state index in [2.05, 4.69) is 15.4 Å². The average Bonchev–Trinajstić information content (AvgIpc) is 2.69. The number of nitrogens with one attached hydrogen (secondary N) is 2. The Morgan fingerprint density at radius 3 is 3.14 bits per heavy atom. The highest BCUT2D eigenvalue weighted by Gasteiger charge is 2.12. The number of esters is 1. The molecule has 1 fully saturated rings. The van der Waals surface area contributed by atoms with Crippen molar-refractivity contribution in [1.29, 1.82) is 0 Å². The van der Waals surface area contributed by atoms with Crippen LogP contribution in [0.15, 0.2) is 0 Å². The van der Waals surface area contributed by atoms with Gasteiger partial charge < -0.3 is 15.4 Å². The lowest BCUT2D eigenvalue weighted by molar-refractivity contribution is -0.140. The molecule has 14 heavy (non-hydrogen) atoms. The molecule has 0 aromatic heterocycles. The molecule has 4 nitrogen and oxygen atoms in total. The fourth-order valence-corrected chi connectivity index (χ4v) is 1.67. The minimum absolute atomic E-state index is 0.120. The van der Waals surface area contributed by atoms with Crippen molar-refractivity contribution in [2.24, 2.45) is 0 Å². The third-order valence-electron chi connectivity index (χ3n) is 2.52. The molecule has 0 aliphatic carbocycles. The average molecular weight is 200 g/mol. The molecule has 1 saturated heterocycles. The monoisotopic (exact) mass is 200 g/mol. The van der Waals surface area contributed by atoms with Crippen molar-refractivity contribution in [2.45, 2.75) is 31.7 Å². The van der Waals surface area contributed by atoms with Gasteiger partial charge in [-0.3, -0.25) is 4.79 Å². The Morgan fingerprint density at radius 1 is 1.64 bits per heavy atom. The van der Waals surface area contributed by atoms with Gasteiger partial charge in [-0.15, -0.1) is 0 Å². The molecular formula is C10H20N2O2. The van der Waals surface area contributed by atoms with E-state index in [9.17, 15) is 4.79 Å². The second kappa shape index (κ2) is 6.79. The molecule has 4 heteroatoms. The van der Waals surface area contributed by atoms with Crippen molar-refractivity contribution in [3.63, 3.8) is 0 Å². The Bertz CT molecular complexity index is 168. The molecule has 0 aromatic carbocycles. The zero-order valence-electron chi connectivity index (χ0n) is 8.84. The molecule has 0 bridgehead atoms. The van der Waals surface area contributed by atoms with Crippen molar-refractivity contribution in [3.8, 4) is 0 Å². The summed E-state index contributed by atoms with van der Waals surface area (Å²) in [6.07, 6.45) is 3.93. The number of methoxy groups -OCH3 is 1. The van der Waals surface area contributed by atoms with Crippen LogP contribution in [0.5, 0.6) is 0 Å². The van der Waals surface area contributed by atoms with Gasteiger partial charge in [-0.2, -0.15) is 0 Å². The van der Waals surface area contributed by atoms with Crippen LogP contribution in [0.1, 0.15) is 25.7 Å². The first kappa shape index (κ1) is 11.5. The van der Waals surface area contributed by atoms with E-state index in [0.717, 1.165) is 26.1 Å². The van der Waals surface area contributed by atoms with E-state index in [0.29, 0.717) is 12.5 Å². The standard InChI is InChI=1S/C10H20N2O2/c1-14-10(13)5-3-6-11-8-9-4-2-7-12-9/h9,11-12H,2-8H2,1H3. The van der Waals surface area contributed by atoms with Crippen LogP contribution in [0, 0.1) is 0 Å². The third kappa shape index (κ3) is 4.58. The summed E-state index contributed by atoms with van der Waals surface area (Å²) in [6.45, 7) is 3.06. The van der Waals surface area contributed by atoms with Crippen molar-refractivity contribution >= 4 is 5.97 Å². The van der Waals surface area contributed by atoms with E-state index < -0.39 is 0 Å². The molecule has 1 rings (SSSR count). The second-order valence-corrected chi connectivity index (χ2v) is 3.68. The second-order valence-electron chi connectivity index (χ2n) is 3.68. The van der Waals surface area contributed by atoms with E-state index >= 15 is 0 Å². The van der Waals surface area contributed by atoms with Gasteiger partial charge in [0.05, 0.1) is 7.11 Å². The van der Waals surface area contributed by atoms with Crippen molar-refractivity contribution in [2.75, 3.05) is 26.7 Å². The van der Waals surface area contributed by atoms with Gasteiger partial charge in [0.15, 0.2) is 0 Å². The molecule has 0 saturated carbocycles. The van der Waals surface area contributed by atoms with Crippen LogP contribution >= 0.6 is 0 Å². The molecule has 0 radical (unpaired) electrons. The predicted octanol–water partition coefficient (Wildman–Crippen LogP) is 0.281. The summed E-state index contributed by atoms with van der Waals surface area (Å²) in [6, 6.07) is 0.633. The van der Waals surface area contributed by atoms with E-state index in [1.165, 1.54) is 20.0 Å². The normalized spacial score (nSPS) is 21.1. The minimum Gasteiger partial charge on any atom is -0.469 e. The first-order valence-corrected chi connectivity index (χ1v) is 5.34. The highest BCUT2D eigenvalue weighted by Crippen LogP contribution is 2.02. The van der Waals surface area contributed by atoms with Crippen LogP contribution in [-0.4, -0.2) is 38.8 Å². The fraction of sp³-hybridized carbons (Fsp3) is 0.900. The van der Waals surface area contributed by atoms with Gasteiger partial charge in [0.2, 0.25) is 0 Å². The van der Waals surface area contributed by atoms with Gasteiger partial charge in [0, 0.05) is 19.0 Å². The zero-order valence-corrected chi connectivity index (χ0v) is 8.84. The summed E-state index contributed by atoms with van der Waals surface area (Å²) in [7, 11) is 1.43. The van der Waals surface area contributed by atoms with E-state index in [1.54, 1.807) is 0 Å². The summed E-state index contributed by atoms with van der Waals surface area (Å²) < 4.78 is 4.55. The first-order valence-electron chi connectivity index (χ1n) is 5.34. The number of carbonyl (C=O) groups excluding carboxylic acids is 1. The van der Waals surface area contributed by atoms with Crippen molar-refractivity contribution in [3.05, 3.63) is 0 Å². The first-order chi connectivity index (χ1) is 6.83. The minimum atomic E-state index is -0.120. The lowest BCUT2D eigenvalue weighted by Crippen LogP contribution is -2.34. The van der Waals surface area contributed by atoms with Crippen LogP contribution in [0.3, 0.4) is 0 Å². The van der Waals surface area contributed by atoms with Gasteiger partial charge in [0.25, 0.3) is 0 Å². The fourth-order valence-electron chi connectivity index (χ4n) is 1.67. The molecule has 0 spiro atoms. The largest absolute Gasteiger partial charge is 0.469 e. The smallest absolute Gasteiger partial charge is 0.305 e. The van der Waals surface area contributed by atoms with Gasteiger partial charge in [-0.05, 0) is 32.4 Å². The Hall–Kier alpha value is -0.610. The number of hydrogen-bond acceptors (Lipinski definition) is 4. The lowest BCUT2D eigenvalue weighted by Gasteiger charge is -2.10. The van der Waals surface area contributed by atoms with E-state index in [4.69, 9.17) is 0 Å². The number of ether oxygens (including phenoxy) is 1. The van der Waals surface area contributed by atoms with Crippen LogP contribution < -0.4 is 10.6 Å². The molecule has 82 valence electrons. The molecule has 1 aliphatic rings. The molecular weight excluding hydrogens is 180 g/mol. The Morgan fingerprint density at radius 2 is 2.50 bits per heavy atom. The van der Waals surface area contributed by atoms with Crippen LogP contribution in [0.25, 0.3) is 0 Å². The van der Waals surface area contributed by atoms with Crippen LogP contribution in [-0.2, 0) is 9.53 Å². The zero-order chi connectivity index (χ0) is 10.2. The maximum Gasteiger partial charge on any atom is 0.305 e. The molecule has 0 aromatic rings. The summed E-state index contributed by atoms with van der Waals surface area (Å²) >= 11 is 0. The van der Waals surface area contributed by atoms with Crippen molar-refractivity contribution < 1.29 is 9.53 Å². The summed E-state index contributed by atoms with van der Waals surface area (Å²) in [5, 5.41) is 6.75. The molecule has 1 heterocycles. The number of carbonyl (C=O) groups is 1. The van der Waals surface area contributed by atoms with Crippen LogP contribution in [0.2, 0.25) is 0 Å². The lowest BCUT2D eigenvalue weighted by atomic mass is 10.2. The Labute approximate surface area is 85.4 Å². The Balaban J connectivity index is 1.86. The number of rotatable bonds is 6. The highest BCUT2D eigenvalue weighted by molar-refractivity contribution is 5.68. The molecule has 2 N–H and O–H groups in total. The maximum atomic E-state index is 10.8. The summed E-state index contributed by atoms with van der Waals surface area (Å²) in [5.74, 6) is -0.120. The molecule has 1 aliphatic heterocycles. The highest BCUT2D eigenvalue weighted by atomic mass is 16.5. The summed E-state index contributed by atoms with van der Waals surface area (Å²) in [5.41, 5.74) is 0. The SMILES string of the molecule is COC(=O)CCCNCC1CCCN1. The predicted molar refractivity (Wildman–Crippen MR) is 55.1 cm³/mol. The molecule has 1 unspecified atom stereocenters. The number of hydrogen-bond donors (Lipinski definition) is 2. The topological polar surface area (TPSA) is 50.4 Å². The van der Waals surface area contributed by atoms with E-state index in [1.807, 2.05) is 0 Å². The third-order valence-corrected chi connectivity index (χ3v) is 2.52. The van der Waals surface area contributed by atoms with Gasteiger partial charge >= 0.3 is 5.97 Å². The van der Waals surface area contributed by atoms with Gasteiger partial charge in [-0.25, -0.2) is 0 Å². The maximum absolute atomic E-state index is 10.8. The van der Waals surface area contributed by atoms with Crippen LogP contribution in [0.4, 0.5) is 0 Å². The molecule has 1 atom stereocenters.